The fraction of sp³-hybridized carbons (Fsp3) is 0.143. The first-order chi connectivity index (χ1) is 14.5. The lowest BCUT2D eigenvalue weighted by Crippen LogP contribution is -2.30. The SMILES string of the molecule is COc1ccc2cc(CN(Cc3cccc(N)n3)S(=O)(=O)c3cccnc3)sc2c1. The number of fused-ring (bicyclic) bond motifs is 1. The fourth-order valence-corrected chi connectivity index (χ4v) is 5.63. The number of methoxy groups -OCH3 is 1. The van der Waals surface area contributed by atoms with Crippen molar-refractivity contribution in [1.82, 2.24) is 14.3 Å². The van der Waals surface area contributed by atoms with Gasteiger partial charge in [-0.15, -0.1) is 11.3 Å². The molecule has 0 spiro atoms. The van der Waals surface area contributed by atoms with Crippen molar-refractivity contribution in [2.75, 3.05) is 12.8 Å². The van der Waals surface area contributed by atoms with E-state index in [0.717, 1.165) is 20.7 Å². The van der Waals surface area contributed by atoms with Crippen LogP contribution < -0.4 is 10.5 Å². The third-order valence-electron chi connectivity index (χ3n) is 4.55. The van der Waals surface area contributed by atoms with Crippen LogP contribution in [0.25, 0.3) is 10.1 Å². The first-order valence-corrected chi connectivity index (χ1v) is 11.4. The van der Waals surface area contributed by atoms with Crippen LogP contribution in [0, 0.1) is 0 Å². The van der Waals surface area contributed by atoms with E-state index in [1.165, 1.54) is 27.9 Å². The normalized spacial score (nSPS) is 11.8. The van der Waals surface area contributed by atoms with Crippen LogP contribution >= 0.6 is 11.3 Å². The number of nitrogens with zero attached hydrogens (tertiary/aromatic N) is 3. The van der Waals surface area contributed by atoms with Gasteiger partial charge < -0.3 is 10.5 Å². The zero-order chi connectivity index (χ0) is 21.1. The Bertz CT molecular complexity index is 1270. The monoisotopic (exact) mass is 440 g/mol. The van der Waals surface area contributed by atoms with Gasteiger partial charge in [-0.1, -0.05) is 6.07 Å². The molecule has 0 radical (unpaired) electrons. The second-order valence-electron chi connectivity index (χ2n) is 6.63. The van der Waals surface area contributed by atoms with Crippen LogP contribution in [0.1, 0.15) is 10.6 Å². The molecular formula is C21H20N4O3S2. The largest absolute Gasteiger partial charge is 0.497 e. The Morgan fingerprint density at radius 3 is 2.70 bits per heavy atom. The Morgan fingerprint density at radius 2 is 1.97 bits per heavy atom. The maximum Gasteiger partial charge on any atom is 0.245 e. The van der Waals surface area contributed by atoms with E-state index in [0.29, 0.717) is 11.5 Å². The molecule has 1 aromatic carbocycles. The minimum absolute atomic E-state index is 0.0971. The summed E-state index contributed by atoms with van der Waals surface area (Å²) in [6.45, 7) is 0.301. The third kappa shape index (κ3) is 4.28. The van der Waals surface area contributed by atoms with Crippen molar-refractivity contribution < 1.29 is 13.2 Å². The number of hydrogen-bond acceptors (Lipinski definition) is 7. The van der Waals surface area contributed by atoms with E-state index in [1.54, 1.807) is 37.6 Å². The lowest BCUT2D eigenvalue weighted by molar-refractivity contribution is 0.400. The van der Waals surface area contributed by atoms with Gasteiger partial charge in [0.1, 0.15) is 16.5 Å². The molecule has 9 heteroatoms. The number of benzene rings is 1. The molecule has 0 atom stereocenters. The van der Waals surface area contributed by atoms with Crippen LogP contribution in [0.3, 0.4) is 0 Å². The molecule has 0 fully saturated rings. The highest BCUT2D eigenvalue weighted by Gasteiger charge is 2.26. The number of anilines is 1. The molecule has 4 aromatic rings. The summed E-state index contributed by atoms with van der Waals surface area (Å²) in [5, 5.41) is 1.04. The quantitative estimate of drug-likeness (QED) is 0.471. The average Bonchev–Trinajstić information content (AvgIpc) is 3.15. The van der Waals surface area contributed by atoms with Crippen LogP contribution in [0.15, 0.2) is 71.9 Å². The van der Waals surface area contributed by atoms with Crippen molar-refractivity contribution >= 4 is 37.3 Å². The van der Waals surface area contributed by atoms with Crippen molar-refractivity contribution in [3.8, 4) is 5.75 Å². The maximum atomic E-state index is 13.4. The Labute approximate surface area is 178 Å². The van der Waals surface area contributed by atoms with Gasteiger partial charge in [-0.3, -0.25) is 4.98 Å². The summed E-state index contributed by atoms with van der Waals surface area (Å²) in [4.78, 5) is 9.28. The van der Waals surface area contributed by atoms with Gasteiger partial charge in [-0.25, -0.2) is 13.4 Å². The summed E-state index contributed by atoms with van der Waals surface area (Å²) in [7, 11) is -2.17. The van der Waals surface area contributed by atoms with Gasteiger partial charge in [0.05, 0.1) is 19.3 Å². The number of sulfonamides is 1. The topological polar surface area (TPSA) is 98.4 Å². The maximum absolute atomic E-state index is 13.4. The van der Waals surface area contributed by atoms with E-state index >= 15 is 0 Å². The van der Waals surface area contributed by atoms with Gasteiger partial charge in [-0.05, 0) is 53.9 Å². The van der Waals surface area contributed by atoms with Crippen molar-refractivity contribution in [2.45, 2.75) is 18.0 Å². The van der Waals surface area contributed by atoms with Crippen LogP contribution in [0.2, 0.25) is 0 Å². The molecule has 0 bridgehead atoms. The number of aromatic nitrogens is 2. The number of hydrogen-bond donors (Lipinski definition) is 1. The fourth-order valence-electron chi connectivity index (χ4n) is 3.09. The standard InChI is InChI=1S/C21H20N4O3S2/c1-28-17-8-7-15-10-18(29-20(15)11-17)14-25(13-16-4-2-6-21(22)24-16)30(26,27)19-5-3-9-23-12-19/h2-12H,13-14H2,1H3,(H2,22,24). The number of pyridine rings is 2. The van der Waals surface area contributed by atoms with E-state index in [2.05, 4.69) is 9.97 Å². The van der Waals surface area contributed by atoms with Gasteiger partial charge in [-0.2, -0.15) is 4.31 Å². The lowest BCUT2D eigenvalue weighted by Gasteiger charge is -2.21. The Balaban J connectivity index is 1.71. The molecule has 0 amide bonds. The van der Waals surface area contributed by atoms with Gasteiger partial charge in [0.15, 0.2) is 0 Å². The number of thiophene rings is 1. The molecule has 30 heavy (non-hydrogen) atoms. The number of nitrogen functional groups attached to an aromatic ring is 1. The van der Waals surface area contributed by atoms with Crippen molar-refractivity contribution in [3.05, 3.63) is 77.6 Å². The van der Waals surface area contributed by atoms with Crippen molar-refractivity contribution in [1.29, 1.82) is 0 Å². The average molecular weight is 441 g/mol. The van der Waals surface area contributed by atoms with Gasteiger partial charge in [0.25, 0.3) is 0 Å². The van der Waals surface area contributed by atoms with Crippen molar-refractivity contribution in [3.63, 3.8) is 0 Å². The molecule has 3 aromatic heterocycles. The minimum atomic E-state index is -3.79. The molecule has 3 heterocycles. The molecule has 0 aliphatic carbocycles. The van der Waals surface area contributed by atoms with Crippen LogP contribution in [-0.2, 0) is 23.1 Å². The van der Waals surface area contributed by atoms with Gasteiger partial charge in [0, 0.05) is 28.5 Å². The highest BCUT2D eigenvalue weighted by Crippen LogP contribution is 2.31. The molecular weight excluding hydrogens is 420 g/mol. The van der Waals surface area contributed by atoms with Gasteiger partial charge in [0.2, 0.25) is 10.0 Å². The number of nitrogens with two attached hydrogens (primary N) is 1. The molecule has 0 saturated heterocycles. The Kier molecular flexibility index (Phi) is 5.67. The number of rotatable bonds is 7. The minimum Gasteiger partial charge on any atom is -0.497 e. The number of ether oxygens (including phenoxy) is 1. The Hall–Kier alpha value is -3.01. The molecule has 0 aliphatic heterocycles. The highest BCUT2D eigenvalue weighted by molar-refractivity contribution is 7.89. The van der Waals surface area contributed by atoms with E-state index in [9.17, 15) is 8.42 Å². The van der Waals surface area contributed by atoms with Crippen LogP contribution in [0.5, 0.6) is 5.75 Å². The first kappa shape index (κ1) is 20.3. The third-order valence-corrected chi connectivity index (χ3v) is 7.41. The molecule has 0 saturated carbocycles. The predicted molar refractivity (Wildman–Crippen MR) is 118 cm³/mol. The smallest absolute Gasteiger partial charge is 0.245 e. The first-order valence-electron chi connectivity index (χ1n) is 9.14. The van der Waals surface area contributed by atoms with E-state index in [1.807, 2.05) is 24.3 Å². The summed E-state index contributed by atoms with van der Waals surface area (Å²) in [5.41, 5.74) is 6.36. The lowest BCUT2D eigenvalue weighted by atomic mass is 10.2. The summed E-state index contributed by atoms with van der Waals surface area (Å²) >= 11 is 1.53. The van der Waals surface area contributed by atoms with Gasteiger partial charge >= 0.3 is 0 Å². The molecule has 2 N–H and O–H groups in total. The van der Waals surface area contributed by atoms with Crippen LogP contribution in [0.4, 0.5) is 5.82 Å². The predicted octanol–water partition coefficient (Wildman–Crippen LogP) is 3.67. The summed E-state index contributed by atoms with van der Waals surface area (Å²) in [6, 6.07) is 16.1. The van der Waals surface area contributed by atoms with Crippen LogP contribution in [-0.4, -0.2) is 29.8 Å². The zero-order valence-electron chi connectivity index (χ0n) is 16.2. The molecule has 154 valence electrons. The van der Waals surface area contributed by atoms with Crippen molar-refractivity contribution in [2.24, 2.45) is 0 Å². The van der Waals surface area contributed by atoms with E-state index < -0.39 is 10.0 Å². The van der Waals surface area contributed by atoms with E-state index in [-0.39, 0.29) is 18.0 Å². The second kappa shape index (κ2) is 8.39. The molecule has 0 unspecified atom stereocenters. The summed E-state index contributed by atoms with van der Waals surface area (Å²) in [5.74, 6) is 1.11. The Morgan fingerprint density at radius 1 is 1.10 bits per heavy atom. The molecule has 7 nitrogen and oxygen atoms in total. The summed E-state index contributed by atoms with van der Waals surface area (Å²) < 4.78 is 34.4. The molecule has 4 rings (SSSR count). The summed E-state index contributed by atoms with van der Waals surface area (Å²) in [6.07, 6.45) is 2.90. The second-order valence-corrected chi connectivity index (χ2v) is 9.74. The highest BCUT2D eigenvalue weighted by atomic mass is 32.2. The van der Waals surface area contributed by atoms with E-state index in [4.69, 9.17) is 10.5 Å². The zero-order valence-corrected chi connectivity index (χ0v) is 17.9. The molecule has 0 aliphatic rings.